The van der Waals surface area contributed by atoms with Crippen molar-refractivity contribution in [2.24, 2.45) is 5.92 Å². The molecular weight excluding hydrogens is 301 g/mol. The van der Waals surface area contributed by atoms with Gasteiger partial charge in [0.25, 0.3) is 0 Å². The fourth-order valence-electron chi connectivity index (χ4n) is 1.73. The first-order chi connectivity index (χ1) is 7.36. The van der Waals surface area contributed by atoms with Crippen LogP contribution in [0.25, 0.3) is 0 Å². The normalized spacial score (nSPS) is 20.2. The van der Waals surface area contributed by atoms with E-state index in [1.807, 2.05) is 6.20 Å². The molecule has 0 spiro atoms. The van der Waals surface area contributed by atoms with Crippen LogP contribution in [0.15, 0.2) is 24.7 Å². The Morgan fingerprint density at radius 2 is 2.40 bits per heavy atom. The number of hydrogen-bond donors (Lipinski definition) is 1. The minimum Gasteiger partial charge on any atom is -0.369 e. The first kappa shape index (κ1) is 10.9. The molecular formula is C11H14IN3. The van der Waals surface area contributed by atoms with E-state index in [1.54, 1.807) is 6.33 Å². The highest BCUT2D eigenvalue weighted by molar-refractivity contribution is 14.1. The summed E-state index contributed by atoms with van der Waals surface area (Å²) in [4.78, 5) is 8.18. The van der Waals surface area contributed by atoms with E-state index in [-0.39, 0.29) is 0 Å². The summed E-state index contributed by atoms with van der Waals surface area (Å²) in [5.74, 6) is 1.71. The zero-order chi connectivity index (χ0) is 10.5. The molecule has 4 heteroatoms. The number of anilines is 1. The summed E-state index contributed by atoms with van der Waals surface area (Å²) in [6.07, 6.45) is 11.7. The number of nitrogens with one attached hydrogen (secondary N) is 1. The summed E-state index contributed by atoms with van der Waals surface area (Å²) >= 11 is 2.25. The van der Waals surface area contributed by atoms with Gasteiger partial charge in [-0.3, -0.25) is 0 Å². The molecule has 1 atom stereocenters. The molecule has 2 rings (SSSR count). The lowest BCUT2D eigenvalue weighted by Crippen LogP contribution is -2.16. The Morgan fingerprint density at radius 1 is 1.47 bits per heavy atom. The number of halogens is 1. The van der Waals surface area contributed by atoms with Crippen LogP contribution in [0.1, 0.15) is 19.3 Å². The maximum Gasteiger partial charge on any atom is 0.142 e. The Labute approximate surface area is 104 Å². The molecule has 1 aliphatic carbocycles. The second-order valence-electron chi connectivity index (χ2n) is 3.75. The van der Waals surface area contributed by atoms with Crippen LogP contribution in [0.4, 0.5) is 5.82 Å². The molecule has 0 aromatic carbocycles. The number of aromatic nitrogens is 2. The van der Waals surface area contributed by atoms with Gasteiger partial charge in [0.1, 0.15) is 12.1 Å². The predicted molar refractivity (Wildman–Crippen MR) is 69.7 cm³/mol. The standard InChI is InChI=1S/C11H14IN3/c12-10-7-13-8-15-11(10)14-6-9-4-2-1-3-5-9/h1-2,7-9H,3-6H2,(H,13,14,15). The van der Waals surface area contributed by atoms with Crippen molar-refractivity contribution in [1.82, 2.24) is 9.97 Å². The van der Waals surface area contributed by atoms with Crippen molar-refractivity contribution in [2.45, 2.75) is 19.3 Å². The van der Waals surface area contributed by atoms with Crippen LogP contribution in [0.5, 0.6) is 0 Å². The van der Waals surface area contributed by atoms with E-state index in [0.29, 0.717) is 0 Å². The van der Waals surface area contributed by atoms with Gasteiger partial charge in [-0.2, -0.15) is 0 Å². The van der Waals surface area contributed by atoms with Crippen LogP contribution >= 0.6 is 22.6 Å². The Hall–Kier alpha value is -0.650. The van der Waals surface area contributed by atoms with Gasteiger partial charge >= 0.3 is 0 Å². The van der Waals surface area contributed by atoms with Gasteiger partial charge in [0.05, 0.1) is 3.57 Å². The van der Waals surface area contributed by atoms with Crippen molar-refractivity contribution in [3.63, 3.8) is 0 Å². The molecule has 15 heavy (non-hydrogen) atoms. The van der Waals surface area contributed by atoms with Crippen LogP contribution in [0.3, 0.4) is 0 Å². The van der Waals surface area contributed by atoms with Crippen LogP contribution in [0.2, 0.25) is 0 Å². The monoisotopic (exact) mass is 315 g/mol. The summed E-state index contributed by atoms with van der Waals surface area (Å²) in [5, 5.41) is 3.39. The molecule has 0 saturated heterocycles. The number of rotatable bonds is 3. The fourth-order valence-corrected chi connectivity index (χ4v) is 2.22. The highest BCUT2D eigenvalue weighted by atomic mass is 127. The minimum absolute atomic E-state index is 0.751. The van der Waals surface area contributed by atoms with Crippen LogP contribution in [0, 0.1) is 9.49 Å². The molecule has 0 aliphatic heterocycles. The zero-order valence-electron chi connectivity index (χ0n) is 8.49. The van der Waals surface area contributed by atoms with Gasteiger partial charge in [-0.05, 0) is 47.8 Å². The van der Waals surface area contributed by atoms with Crippen molar-refractivity contribution in [2.75, 3.05) is 11.9 Å². The summed E-state index contributed by atoms with van der Waals surface area (Å²) in [7, 11) is 0. The first-order valence-electron chi connectivity index (χ1n) is 5.20. The van der Waals surface area contributed by atoms with E-state index in [9.17, 15) is 0 Å². The highest BCUT2D eigenvalue weighted by Gasteiger charge is 2.10. The largest absolute Gasteiger partial charge is 0.369 e. The number of nitrogens with zero attached hydrogens (tertiary/aromatic N) is 2. The van der Waals surface area contributed by atoms with E-state index in [1.165, 1.54) is 19.3 Å². The van der Waals surface area contributed by atoms with Gasteiger partial charge in [0, 0.05) is 12.7 Å². The summed E-state index contributed by atoms with van der Waals surface area (Å²) in [6.45, 7) is 1.01. The molecule has 1 aromatic heterocycles. The van der Waals surface area contributed by atoms with Crippen molar-refractivity contribution < 1.29 is 0 Å². The number of allylic oxidation sites excluding steroid dienone is 2. The minimum atomic E-state index is 0.751. The molecule has 0 bridgehead atoms. The average Bonchev–Trinajstić information content (AvgIpc) is 2.29. The van der Waals surface area contributed by atoms with E-state index < -0.39 is 0 Å². The third-order valence-electron chi connectivity index (χ3n) is 2.60. The topological polar surface area (TPSA) is 37.8 Å². The smallest absolute Gasteiger partial charge is 0.142 e. The van der Waals surface area contributed by atoms with Crippen molar-refractivity contribution in [1.29, 1.82) is 0 Å². The van der Waals surface area contributed by atoms with Crippen molar-refractivity contribution in [3.05, 3.63) is 28.2 Å². The summed E-state index contributed by atoms with van der Waals surface area (Å²) in [5.41, 5.74) is 0. The van der Waals surface area contributed by atoms with Crippen LogP contribution in [-0.2, 0) is 0 Å². The van der Waals surface area contributed by atoms with Gasteiger partial charge in [-0.25, -0.2) is 9.97 Å². The van der Waals surface area contributed by atoms with E-state index in [0.717, 1.165) is 21.9 Å². The first-order valence-corrected chi connectivity index (χ1v) is 6.28. The van der Waals surface area contributed by atoms with Gasteiger partial charge in [-0.15, -0.1) is 0 Å². The van der Waals surface area contributed by atoms with Crippen LogP contribution < -0.4 is 5.32 Å². The Bertz CT molecular complexity index is 351. The molecule has 0 saturated carbocycles. The molecule has 0 fully saturated rings. The van der Waals surface area contributed by atoms with Crippen LogP contribution in [-0.4, -0.2) is 16.5 Å². The molecule has 1 aliphatic rings. The highest BCUT2D eigenvalue weighted by Crippen LogP contribution is 2.19. The molecule has 1 heterocycles. The maximum absolute atomic E-state index is 4.21. The molecule has 1 unspecified atom stereocenters. The lowest BCUT2D eigenvalue weighted by Gasteiger charge is -2.18. The Balaban J connectivity index is 1.87. The molecule has 0 amide bonds. The molecule has 3 nitrogen and oxygen atoms in total. The van der Waals surface area contributed by atoms with E-state index in [2.05, 4.69) is 50.0 Å². The SMILES string of the molecule is Ic1cncnc1NCC1CC=CCC1. The van der Waals surface area contributed by atoms with Gasteiger partial charge < -0.3 is 5.32 Å². The summed E-state index contributed by atoms with van der Waals surface area (Å²) in [6, 6.07) is 0. The quantitative estimate of drug-likeness (QED) is 0.688. The lowest BCUT2D eigenvalue weighted by atomic mass is 9.94. The Kier molecular flexibility index (Phi) is 3.94. The molecule has 1 aromatic rings. The maximum atomic E-state index is 4.21. The van der Waals surface area contributed by atoms with E-state index in [4.69, 9.17) is 0 Å². The lowest BCUT2D eigenvalue weighted by molar-refractivity contribution is 0.503. The van der Waals surface area contributed by atoms with Gasteiger partial charge in [0.15, 0.2) is 0 Å². The molecule has 80 valence electrons. The Morgan fingerprint density at radius 3 is 3.13 bits per heavy atom. The van der Waals surface area contributed by atoms with Crippen molar-refractivity contribution >= 4 is 28.4 Å². The summed E-state index contributed by atoms with van der Waals surface area (Å²) < 4.78 is 1.08. The second kappa shape index (κ2) is 5.44. The van der Waals surface area contributed by atoms with Crippen molar-refractivity contribution in [3.8, 4) is 0 Å². The molecule has 0 radical (unpaired) electrons. The van der Waals surface area contributed by atoms with E-state index >= 15 is 0 Å². The number of hydrogen-bond acceptors (Lipinski definition) is 3. The fraction of sp³-hybridized carbons (Fsp3) is 0.455. The van der Waals surface area contributed by atoms with Gasteiger partial charge in [0.2, 0.25) is 0 Å². The average molecular weight is 315 g/mol. The second-order valence-corrected chi connectivity index (χ2v) is 4.91. The predicted octanol–water partition coefficient (Wildman–Crippen LogP) is 2.85. The zero-order valence-corrected chi connectivity index (χ0v) is 10.6. The third kappa shape index (κ3) is 3.15. The van der Waals surface area contributed by atoms with Gasteiger partial charge in [-0.1, -0.05) is 12.2 Å². The third-order valence-corrected chi connectivity index (χ3v) is 3.39. The molecule has 1 N–H and O–H groups in total.